The lowest BCUT2D eigenvalue weighted by Crippen LogP contribution is -2.32. The Kier molecular flexibility index (Phi) is 3.71. The molecule has 1 aliphatic rings. The Morgan fingerprint density at radius 3 is 2.56 bits per heavy atom. The van der Waals surface area contributed by atoms with Crippen LogP contribution in [0.4, 0.5) is 8.78 Å². The molecule has 0 bridgehead atoms. The van der Waals surface area contributed by atoms with Crippen LogP contribution in [0.15, 0.2) is 18.2 Å². The maximum atomic E-state index is 13.9. The van der Waals surface area contributed by atoms with Gasteiger partial charge in [-0.1, -0.05) is 26.3 Å². The molecule has 1 N–H and O–H groups in total. The second-order valence-corrected chi connectivity index (χ2v) is 5.92. The zero-order valence-electron chi connectivity index (χ0n) is 11.3. The minimum absolute atomic E-state index is 0.0388. The first kappa shape index (κ1) is 13.5. The van der Waals surface area contributed by atoms with Crippen LogP contribution in [0.25, 0.3) is 0 Å². The van der Waals surface area contributed by atoms with Crippen molar-refractivity contribution in [1.29, 1.82) is 0 Å². The molecule has 18 heavy (non-hydrogen) atoms. The van der Waals surface area contributed by atoms with E-state index in [-0.39, 0.29) is 11.5 Å². The van der Waals surface area contributed by atoms with Crippen LogP contribution in [0.3, 0.4) is 0 Å². The van der Waals surface area contributed by atoms with E-state index < -0.39 is 11.6 Å². The van der Waals surface area contributed by atoms with Gasteiger partial charge in [0.15, 0.2) is 0 Å². The molecule has 100 valence electrons. The van der Waals surface area contributed by atoms with E-state index >= 15 is 0 Å². The van der Waals surface area contributed by atoms with Gasteiger partial charge in [-0.3, -0.25) is 0 Å². The smallest absolute Gasteiger partial charge is 0.130 e. The van der Waals surface area contributed by atoms with E-state index in [4.69, 9.17) is 0 Å². The Hall–Kier alpha value is -0.960. The lowest BCUT2D eigenvalue weighted by atomic mass is 9.75. The normalized spacial score (nSPS) is 24.2. The molecule has 2 rings (SSSR count). The topological polar surface area (TPSA) is 12.0 Å². The Morgan fingerprint density at radius 2 is 2.06 bits per heavy atom. The van der Waals surface area contributed by atoms with Crippen LogP contribution in [0.2, 0.25) is 0 Å². The number of nitrogens with one attached hydrogen (secondary N) is 1. The molecule has 0 radical (unpaired) electrons. The van der Waals surface area contributed by atoms with E-state index in [0.717, 1.165) is 12.5 Å². The van der Waals surface area contributed by atoms with E-state index in [1.807, 2.05) is 7.05 Å². The van der Waals surface area contributed by atoms with Gasteiger partial charge in [0.2, 0.25) is 0 Å². The van der Waals surface area contributed by atoms with E-state index in [1.165, 1.54) is 18.9 Å². The summed E-state index contributed by atoms with van der Waals surface area (Å²) in [5.41, 5.74) is 0.785. The Morgan fingerprint density at radius 1 is 1.33 bits per heavy atom. The van der Waals surface area contributed by atoms with Gasteiger partial charge in [0.05, 0.1) is 0 Å². The van der Waals surface area contributed by atoms with Crippen LogP contribution in [-0.2, 0) is 0 Å². The molecule has 1 saturated carbocycles. The fraction of sp³-hybridized carbons (Fsp3) is 0.600. The molecule has 2 unspecified atom stereocenters. The zero-order chi connectivity index (χ0) is 13.3. The molecule has 1 nitrogen and oxygen atoms in total. The van der Waals surface area contributed by atoms with Gasteiger partial charge < -0.3 is 5.32 Å². The molecule has 0 amide bonds. The van der Waals surface area contributed by atoms with E-state index in [1.54, 1.807) is 6.07 Å². The summed E-state index contributed by atoms with van der Waals surface area (Å²) in [5.74, 6) is -0.573. The van der Waals surface area contributed by atoms with Crippen LogP contribution < -0.4 is 5.32 Å². The third-order valence-electron chi connectivity index (χ3n) is 4.35. The standard InChI is InChI=1S/C15H21F2N/c1-15(2)8-4-5-12(15)14(18-3)11-7-6-10(16)9-13(11)17/h6-7,9,12,14,18H,4-5,8H2,1-3H3. The number of rotatable bonds is 3. The highest BCUT2D eigenvalue weighted by Gasteiger charge is 2.40. The molecule has 1 fully saturated rings. The van der Waals surface area contributed by atoms with Crippen LogP contribution in [-0.4, -0.2) is 7.05 Å². The van der Waals surface area contributed by atoms with E-state index in [0.29, 0.717) is 11.5 Å². The molecular formula is C15H21F2N. The summed E-state index contributed by atoms with van der Waals surface area (Å²) in [6.45, 7) is 4.47. The van der Waals surface area contributed by atoms with Gasteiger partial charge in [0.1, 0.15) is 11.6 Å². The summed E-state index contributed by atoms with van der Waals surface area (Å²) < 4.78 is 26.9. The highest BCUT2D eigenvalue weighted by Crippen LogP contribution is 2.48. The van der Waals surface area contributed by atoms with Gasteiger partial charge in [0.25, 0.3) is 0 Å². The van der Waals surface area contributed by atoms with Gasteiger partial charge >= 0.3 is 0 Å². The Labute approximate surface area is 108 Å². The predicted molar refractivity (Wildman–Crippen MR) is 69.3 cm³/mol. The van der Waals surface area contributed by atoms with Crippen molar-refractivity contribution < 1.29 is 8.78 Å². The first-order valence-electron chi connectivity index (χ1n) is 6.58. The van der Waals surface area contributed by atoms with Gasteiger partial charge in [-0.25, -0.2) is 8.78 Å². The Bertz CT molecular complexity index is 429. The first-order chi connectivity index (χ1) is 8.45. The monoisotopic (exact) mass is 253 g/mol. The van der Waals surface area contributed by atoms with Crippen LogP contribution in [0.5, 0.6) is 0 Å². The maximum Gasteiger partial charge on any atom is 0.130 e. The van der Waals surface area contributed by atoms with Crippen molar-refractivity contribution in [2.24, 2.45) is 11.3 Å². The summed E-state index contributed by atoms with van der Waals surface area (Å²) in [7, 11) is 1.85. The van der Waals surface area contributed by atoms with Crippen LogP contribution in [0, 0.1) is 23.0 Å². The predicted octanol–water partition coefficient (Wildman–Crippen LogP) is 4.05. The lowest BCUT2D eigenvalue weighted by Gasteiger charge is -2.34. The van der Waals surface area contributed by atoms with Crippen molar-refractivity contribution in [3.8, 4) is 0 Å². The molecule has 0 aromatic heterocycles. The van der Waals surface area contributed by atoms with Crippen LogP contribution in [0.1, 0.15) is 44.7 Å². The van der Waals surface area contributed by atoms with E-state index in [9.17, 15) is 8.78 Å². The van der Waals surface area contributed by atoms with Gasteiger partial charge in [-0.2, -0.15) is 0 Å². The van der Waals surface area contributed by atoms with Crippen molar-refractivity contribution >= 4 is 0 Å². The number of hydrogen-bond acceptors (Lipinski definition) is 1. The largest absolute Gasteiger partial charge is 0.313 e. The Balaban J connectivity index is 2.33. The van der Waals surface area contributed by atoms with Crippen molar-refractivity contribution in [2.45, 2.75) is 39.2 Å². The van der Waals surface area contributed by atoms with Crippen molar-refractivity contribution in [3.05, 3.63) is 35.4 Å². The molecular weight excluding hydrogens is 232 g/mol. The molecule has 1 aliphatic carbocycles. The summed E-state index contributed by atoms with van der Waals surface area (Å²) in [4.78, 5) is 0. The molecule has 3 heteroatoms. The number of halogens is 2. The van der Waals surface area contributed by atoms with Gasteiger partial charge in [-0.05, 0) is 37.3 Å². The highest BCUT2D eigenvalue weighted by atomic mass is 19.1. The molecule has 0 heterocycles. The highest BCUT2D eigenvalue weighted by molar-refractivity contribution is 5.23. The number of hydrogen-bond donors (Lipinski definition) is 1. The van der Waals surface area contributed by atoms with Crippen LogP contribution >= 0.6 is 0 Å². The molecule has 1 aromatic rings. The summed E-state index contributed by atoms with van der Waals surface area (Å²) in [6.07, 6.45) is 3.44. The van der Waals surface area contributed by atoms with Gasteiger partial charge in [0, 0.05) is 17.7 Å². The van der Waals surface area contributed by atoms with Crippen molar-refractivity contribution in [3.63, 3.8) is 0 Å². The second-order valence-electron chi connectivity index (χ2n) is 5.92. The fourth-order valence-electron chi connectivity index (χ4n) is 3.30. The minimum atomic E-state index is -0.517. The second kappa shape index (κ2) is 4.96. The summed E-state index contributed by atoms with van der Waals surface area (Å²) >= 11 is 0. The third kappa shape index (κ3) is 2.41. The molecule has 0 saturated heterocycles. The molecule has 0 aliphatic heterocycles. The molecule has 2 atom stereocenters. The summed E-state index contributed by atoms with van der Waals surface area (Å²) in [5, 5.41) is 3.21. The SMILES string of the molecule is CNC(c1ccc(F)cc1F)C1CCCC1(C)C. The molecule has 1 aromatic carbocycles. The number of benzene rings is 1. The quantitative estimate of drug-likeness (QED) is 0.857. The molecule has 0 spiro atoms. The average molecular weight is 253 g/mol. The van der Waals surface area contributed by atoms with Crippen molar-refractivity contribution in [1.82, 2.24) is 5.32 Å². The minimum Gasteiger partial charge on any atom is -0.313 e. The fourth-order valence-corrected chi connectivity index (χ4v) is 3.30. The maximum absolute atomic E-state index is 13.9. The van der Waals surface area contributed by atoms with E-state index in [2.05, 4.69) is 19.2 Å². The zero-order valence-corrected chi connectivity index (χ0v) is 11.3. The van der Waals surface area contributed by atoms with Crippen molar-refractivity contribution in [2.75, 3.05) is 7.05 Å². The summed E-state index contributed by atoms with van der Waals surface area (Å²) in [6, 6.07) is 3.84. The third-order valence-corrected chi connectivity index (χ3v) is 4.35. The average Bonchev–Trinajstić information content (AvgIpc) is 2.63. The first-order valence-corrected chi connectivity index (χ1v) is 6.58. The van der Waals surface area contributed by atoms with Gasteiger partial charge in [-0.15, -0.1) is 0 Å². The lowest BCUT2D eigenvalue weighted by molar-refractivity contribution is 0.201.